The van der Waals surface area contributed by atoms with Gasteiger partial charge in [0.25, 0.3) is 0 Å². The molecule has 32 heavy (non-hydrogen) atoms. The van der Waals surface area contributed by atoms with Crippen LogP contribution in [0.15, 0.2) is 36.7 Å². The molecule has 4 heterocycles. The van der Waals surface area contributed by atoms with E-state index in [-0.39, 0.29) is 18.2 Å². The first-order chi connectivity index (χ1) is 15.6. The number of aromatic nitrogens is 6. The zero-order chi connectivity index (χ0) is 22.2. The van der Waals surface area contributed by atoms with Crippen LogP contribution in [0.1, 0.15) is 42.5 Å². The van der Waals surface area contributed by atoms with Crippen LogP contribution in [0.5, 0.6) is 11.5 Å². The van der Waals surface area contributed by atoms with Gasteiger partial charge in [0.2, 0.25) is 5.91 Å². The van der Waals surface area contributed by atoms with Crippen molar-refractivity contribution in [1.82, 2.24) is 29.6 Å². The summed E-state index contributed by atoms with van der Waals surface area (Å²) in [4.78, 5) is 12.8. The highest BCUT2D eigenvalue weighted by atomic mass is 16.5. The maximum absolute atomic E-state index is 12.8. The van der Waals surface area contributed by atoms with E-state index in [2.05, 4.69) is 27.5 Å². The zero-order valence-electron chi connectivity index (χ0n) is 18.1. The summed E-state index contributed by atoms with van der Waals surface area (Å²) in [6.07, 6.45) is 2.67. The van der Waals surface area contributed by atoms with Crippen LogP contribution >= 0.6 is 0 Å². The quantitative estimate of drug-likeness (QED) is 0.498. The van der Waals surface area contributed by atoms with Crippen LogP contribution in [0.4, 0.5) is 5.82 Å². The molecule has 1 aliphatic heterocycles. The molecule has 10 heteroatoms. The summed E-state index contributed by atoms with van der Waals surface area (Å²) < 4.78 is 14.8. The van der Waals surface area contributed by atoms with Crippen LogP contribution in [0.3, 0.4) is 0 Å². The van der Waals surface area contributed by atoms with E-state index in [1.54, 1.807) is 28.4 Å². The molecule has 0 fully saturated rings. The lowest BCUT2D eigenvalue weighted by atomic mass is 9.85. The molecular weight excluding hydrogens is 410 g/mol. The van der Waals surface area contributed by atoms with Crippen molar-refractivity contribution in [3.8, 4) is 17.3 Å². The number of carbonyl (C=O) groups excluding carboxylic acids is 1. The number of aryl methyl sites for hydroxylation is 1. The Bertz CT molecular complexity index is 1310. The van der Waals surface area contributed by atoms with E-state index in [1.807, 2.05) is 25.1 Å². The van der Waals surface area contributed by atoms with Crippen LogP contribution < -0.4 is 14.8 Å². The van der Waals surface area contributed by atoms with E-state index in [9.17, 15) is 4.79 Å². The molecule has 0 unspecified atom stereocenters. The van der Waals surface area contributed by atoms with E-state index < -0.39 is 0 Å². The molecule has 1 aliphatic rings. The minimum absolute atomic E-state index is 0.0988. The third-order valence-corrected chi connectivity index (χ3v) is 5.52. The van der Waals surface area contributed by atoms with Gasteiger partial charge in [-0.25, -0.2) is 0 Å². The van der Waals surface area contributed by atoms with Gasteiger partial charge in [0.15, 0.2) is 23.0 Å². The number of nitrogens with zero attached hydrogens (tertiary/aromatic N) is 6. The Balaban J connectivity index is 1.66. The van der Waals surface area contributed by atoms with Crippen molar-refractivity contribution in [1.29, 1.82) is 0 Å². The van der Waals surface area contributed by atoms with Crippen LogP contribution in [-0.2, 0) is 4.79 Å². The molecule has 0 spiro atoms. The summed E-state index contributed by atoms with van der Waals surface area (Å²) in [6.45, 7) is 4.54. The van der Waals surface area contributed by atoms with Crippen LogP contribution in [-0.4, -0.2) is 49.2 Å². The zero-order valence-corrected chi connectivity index (χ0v) is 18.1. The van der Waals surface area contributed by atoms with Crippen molar-refractivity contribution in [2.45, 2.75) is 32.6 Å². The number of hydrogen-bond acceptors (Lipinski definition) is 7. The van der Waals surface area contributed by atoms with E-state index in [0.29, 0.717) is 35.4 Å². The molecule has 1 amide bonds. The van der Waals surface area contributed by atoms with Crippen LogP contribution in [0.25, 0.3) is 11.5 Å². The first-order valence-electron chi connectivity index (χ1n) is 10.5. The van der Waals surface area contributed by atoms with Gasteiger partial charge in [0.1, 0.15) is 12.1 Å². The van der Waals surface area contributed by atoms with Gasteiger partial charge in [0.05, 0.1) is 19.4 Å². The lowest BCUT2D eigenvalue weighted by Crippen LogP contribution is -2.25. The van der Waals surface area contributed by atoms with Crippen molar-refractivity contribution >= 4 is 17.4 Å². The Labute approximate surface area is 184 Å². The second-order valence-corrected chi connectivity index (χ2v) is 7.62. The maximum Gasteiger partial charge on any atom is 0.226 e. The van der Waals surface area contributed by atoms with E-state index in [1.165, 1.54) is 6.33 Å². The minimum Gasteiger partial charge on any atom is -0.493 e. The van der Waals surface area contributed by atoms with Crippen molar-refractivity contribution in [2.75, 3.05) is 19.0 Å². The molecule has 1 aromatic carbocycles. The van der Waals surface area contributed by atoms with Gasteiger partial charge in [-0.1, -0.05) is 19.1 Å². The largest absolute Gasteiger partial charge is 0.493 e. The highest BCUT2D eigenvalue weighted by Crippen LogP contribution is 2.45. The Morgan fingerprint density at radius 1 is 1.22 bits per heavy atom. The summed E-state index contributed by atoms with van der Waals surface area (Å²) in [5.74, 6) is 2.14. The minimum atomic E-state index is -0.229. The smallest absolute Gasteiger partial charge is 0.226 e. The molecule has 4 aromatic rings. The SMILES string of the molecule is CCCOc1c(OC)cccc1[C@H]1CC(=O)Nc2c1c(C)nn2-c1ccc2nncn2n1. The number of para-hydroxylation sites is 1. The molecule has 1 atom stereocenters. The highest BCUT2D eigenvalue weighted by Gasteiger charge is 2.35. The monoisotopic (exact) mass is 433 g/mol. The number of rotatable bonds is 6. The van der Waals surface area contributed by atoms with Gasteiger partial charge in [0, 0.05) is 23.5 Å². The van der Waals surface area contributed by atoms with E-state index in [0.717, 1.165) is 23.2 Å². The number of hydrogen-bond donors (Lipinski definition) is 1. The number of amides is 1. The van der Waals surface area contributed by atoms with Crippen molar-refractivity contribution < 1.29 is 14.3 Å². The van der Waals surface area contributed by atoms with Crippen molar-refractivity contribution in [3.63, 3.8) is 0 Å². The van der Waals surface area contributed by atoms with Crippen LogP contribution in [0, 0.1) is 6.92 Å². The average molecular weight is 433 g/mol. The molecular formula is C22H23N7O3. The average Bonchev–Trinajstić information content (AvgIpc) is 3.40. The topological polar surface area (TPSA) is 108 Å². The third kappa shape index (κ3) is 3.24. The van der Waals surface area contributed by atoms with E-state index >= 15 is 0 Å². The Hall–Kier alpha value is -3.95. The standard InChI is InChI=1S/C22H23N7O3/c1-4-10-32-21-14(6-5-7-16(21)31-3)15-11-19(30)24-22-20(15)13(2)26-29(22)18-9-8-17-25-23-12-28(17)27-18/h5-9,12,15H,4,10-11H2,1-3H3,(H,24,30)/t15-/m1/s1. The third-order valence-electron chi connectivity index (χ3n) is 5.52. The first-order valence-corrected chi connectivity index (χ1v) is 10.5. The van der Waals surface area contributed by atoms with E-state index in [4.69, 9.17) is 14.6 Å². The van der Waals surface area contributed by atoms with Gasteiger partial charge in [-0.3, -0.25) is 4.79 Å². The molecule has 0 bridgehead atoms. The van der Waals surface area contributed by atoms with Crippen molar-refractivity contribution in [2.24, 2.45) is 0 Å². The number of carbonyl (C=O) groups is 1. The fourth-order valence-corrected chi connectivity index (χ4v) is 4.14. The maximum atomic E-state index is 12.8. The summed E-state index contributed by atoms with van der Waals surface area (Å²) in [5.41, 5.74) is 3.27. The Morgan fingerprint density at radius 2 is 2.09 bits per heavy atom. The highest BCUT2D eigenvalue weighted by molar-refractivity contribution is 5.95. The molecule has 0 saturated carbocycles. The van der Waals surface area contributed by atoms with Gasteiger partial charge >= 0.3 is 0 Å². The fraction of sp³-hybridized carbons (Fsp3) is 0.318. The summed E-state index contributed by atoms with van der Waals surface area (Å²) >= 11 is 0. The Morgan fingerprint density at radius 3 is 2.91 bits per heavy atom. The van der Waals surface area contributed by atoms with Gasteiger partial charge in [-0.15, -0.1) is 15.3 Å². The number of methoxy groups -OCH3 is 1. The second kappa shape index (κ2) is 7.95. The predicted octanol–water partition coefficient (Wildman–Crippen LogP) is 2.89. The molecule has 1 N–H and O–H groups in total. The summed E-state index contributed by atoms with van der Waals surface area (Å²) in [6, 6.07) is 9.37. The molecule has 3 aromatic heterocycles. The Kier molecular flexibility index (Phi) is 4.96. The van der Waals surface area contributed by atoms with Crippen LogP contribution in [0.2, 0.25) is 0 Å². The number of nitrogens with one attached hydrogen (secondary N) is 1. The summed E-state index contributed by atoms with van der Waals surface area (Å²) in [7, 11) is 1.62. The van der Waals surface area contributed by atoms with Crippen molar-refractivity contribution in [3.05, 3.63) is 53.5 Å². The summed E-state index contributed by atoms with van der Waals surface area (Å²) in [5, 5.41) is 20.1. The normalized spacial score (nSPS) is 15.5. The molecule has 5 rings (SSSR count). The second-order valence-electron chi connectivity index (χ2n) is 7.62. The number of ether oxygens (including phenoxy) is 2. The van der Waals surface area contributed by atoms with Gasteiger partial charge < -0.3 is 14.8 Å². The molecule has 164 valence electrons. The molecule has 0 aliphatic carbocycles. The lowest BCUT2D eigenvalue weighted by molar-refractivity contribution is -0.116. The number of fused-ring (bicyclic) bond motifs is 2. The van der Waals surface area contributed by atoms with Gasteiger partial charge in [-0.2, -0.15) is 14.3 Å². The predicted molar refractivity (Wildman–Crippen MR) is 117 cm³/mol. The molecule has 0 radical (unpaired) electrons. The first kappa shape index (κ1) is 20.0. The number of anilines is 1. The molecule has 0 saturated heterocycles. The molecule has 10 nitrogen and oxygen atoms in total. The fourth-order valence-electron chi connectivity index (χ4n) is 4.14. The number of benzene rings is 1. The lowest BCUT2D eigenvalue weighted by Gasteiger charge is -2.26. The van der Waals surface area contributed by atoms with Gasteiger partial charge in [-0.05, 0) is 31.5 Å².